The van der Waals surface area contributed by atoms with Crippen LogP contribution < -0.4 is 5.32 Å². The molecule has 146 valence electrons. The molecule has 2 fully saturated rings. The Kier molecular flexibility index (Phi) is 4.76. The maximum absolute atomic E-state index is 11.9. The monoisotopic (exact) mass is 393 g/mol. The van der Waals surface area contributed by atoms with Gasteiger partial charge in [0.1, 0.15) is 5.78 Å². The molecule has 2 amide bonds. The smallest absolute Gasteiger partial charge is 0.265 e. The van der Waals surface area contributed by atoms with Gasteiger partial charge in [-0.25, -0.2) is 0 Å². The van der Waals surface area contributed by atoms with E-state index in [0.717, 1.165) is 12.0 Å². The van der Waals surface area contributed by atoms with Gasteiger partial charge in [0.25, 0.3) is 16.0 Å². The van der Waals surface area contributed by atoms with Crippen LogP contribution in [0.2, 0.25) is 0 Å². The third kappa shape index (κ3) is 3.43. The number of nitrogens with one attached hydrogen (secondary N) is 1. The fraction of sp³-hybridized carbons (Fsp3) is 0.526. The van der Waals surface area contributed by atoms with Crippen molar-refractivity contribution in [3.63, 3.8) is 0 Å². The molecule has 2 N–H and O–H groups in total. The van der Waals surface area contributed by atoms with E-state index in [1.165, 1.54) is 0 Å². The molecule has 0 saturated heterocycles. The highest BCUT2D eigenvalue weighted by Crippen LogP contribution is 2.64. The highest BCUT2D eigenvalue weighted by atomic mass is 32.2. The first-order valence-electron chi connectivity index (χ1n) is 8.87. The third-order valence-corrected chi connectivity index (χ3v) is 7.29. The Morgan fingerprint density at radius 1 is 1.19 bits per heavy atom. The quantitative estimate of drug-likeness (QED) is 0.584. The van der Waals surface area contributed by atoms with E-state index in [4.69, 9.17) is 4.55 Å². The molecular weight excluding hydrogens is 370 g/mol. The topological polar surface area (TPSA) is 118 Å². The number of carbonyl (C=O) groups excluding carboxylic acids is 3. The summed E-state index contributed by atoms with van der Waals surface area (Å²) < 4.78 is 31.0. The lowest BCUT2D eigenvalue weighted by Gasteiger charge is -2.35. The van der Waals surface area contributed by atoms with E-state index in [1.54, 1.807) is 18.2 Å². The lowest BCUT2D eigenvalue weighted by Crippen LogP contribution is -2.42. The predicted octanol–water partition coefficient (Wildman–Crippen LogP) is 1.77. The average Bonchev–Trinajstić information content (AvgIpc) is 2.88. The summed E-state index contributed by atoms with van der Waals surface area (Å²) in [4.78, 5) is 33.9. The van der Waals surface area contributed by atoms with Crippen molar-refractivity contribution in [2.45, 2.75) is 39.5 Å². The second kappa shape index (κ2) is 6.53. The summed E-state index contributed by atoms with van der Waals surface area (Å²) in [5, 5.41) is 2.26. The molecule has 1 heterocycles. The van der Waals surface area contributed by atoms with Gasteiger partial charge in [-0.3, -0.25) is 24.3 Å². The first-order valence-corrected chi connectivity index (χ1v) is 10.5. The molecular formula is C19H23NO6S. The van der Waals surface area contributed by atoms with Gasteiger partial charge in [-0.05, 0) is 35.8 Å². The molecule has 2 saturated carbocycles. The fourth-order valence-electron chi connectivity index (χ4n) is 4.73. The van der Waals surface area contributed by atoms with E-state index in [-0.39, 0.29) is 28.9 Å². The number of hydrogen-bond donors (Lipinski definition) is 2. The van der Waals surface area contributed by atoms with Crippen molar-refractivity contribution in [1.29, 1.82) is 0 Å². The second-order valence-corrected chi connectivity index (χ2v) is 9.56. The summed E-state index contributed by atoms with van der Waals surface area (Å²) in [5.74, 6) is -0.615. The van der Waals surface area contributed by atoms with Crippen LogP contribution in [-0.2, 0) is 26.1 Å². The molecule has 1 aliphatic heterocycles. The summed E-state index contributed by atoms with van der Waals surface area (Å²) in [6, 6.07) is 7.13. The van der Waals surface area contributed by atoms with Crippen molar-refractivity contribution in [3.8, 4) is 0 Å². The minimum Gasteiger partial charge on any atom is -0.299 e. The molecule has 8 heteroatoms. The lowest BCUT2D eigenvalue weighted by molar-refractivity contribution is -0.128. The fourth-order valence-corrected chi connectivity index (χ4v) is 6.03. The van der Waals surface area contributed by atoms with Crippen LogP contribution in [0.25, 0.3) is 0 Å². The van der Waals surface area contributed by atoms with E-state index in [9.17, 15) is 22.8 Å². The molecule has 2 aliphatic carbocycles. The van der Waals surface area contributed by atoms with Crippen LogP contribution in [-0.4, -0.2) is 36.3 Å². The third-order valence-electron chi connectivity index (χ3n) is 6.43. The number of rotatable bonds is 2. The SMILES string of the molecule is CC1(C)C2CCC1(CS(=O)(=O)O)C(=O)C2.O=C1Cc2ccccc2C(=O)N1. The van der Waals surface area contributed by atoms with Gasteiger partial charge in [0.2, 0.25) is 5.91 Å². The Hall–Kier alpha value is -2.06. The zero-order valence-electron chi connectivity index (χ0n) is 15.3. The van der Waals surface area contributed by atoms with E-state index in [0.29, 0.717) is 24.8 Å². The largest absolute Gasteiger partial charge is 0.299 e. The van der Waals surface area contributed by atoms with Crippen LogP contribution in [0.3, 0.4) is 0 Å². The number of hydrogen-bond acceptors (Lipinski definition) is 5. The van der Waals surface area contributed by atoms with Gasteiger partial charge < -0.3 is 0 Å². The number of imide groups is 1. The molecule has 2 unspecified atom stereocenters. The van der Waals surface area contributed by atoms with Crippen molar-refractivity contribution in [3.05, 3.63) is 35.4 Å². The molecule has 3 aliphatic rings. The molecule has 7 nitrogen and oxygen atoms in total. The molecule has 4 rings (SSSR count). The zero-order valence-corrected chi connectivity index (χ0v) is 16.1. The predicted molar refractivity (Wildman–Crippen MR) is 97.6 cm³/mol. The highest BCUT2D eigenvalue weighted by molar-refractivity contribution is 7.85. The Morgan fingerprint density at radius 2 is 1.85 bits per heavy atom. The zero-order chi connectivity index (χ0) is 20.0. The Labute approximate surface area is 158 Å². The van der Waals surface area contributed by atoms with Gasteiger partial charge in [-0.15, -0.1) is 0 Å². The Balaban J connectivity index is 0.000000159. The molecule has 0 radical (unpaired) electrons. The minimum atomic E-state index is -4.08. The number of ketones is 1. The summed E-state index contributed by atoms with van der Waals surface area (Å²) in [5.41, 5.74) is 0.300. The maximum atomic E-state index is 11.9. The summed E-state index contributed by atoms with van der Waals surface area (Å²) in [6.07, 6.45) is 2.28. The number of Topliss-reactive ketones (excluding diaryl/α,β-unsaturated/α-hetero) is 1. The molecule has 27 heavy (non-hydrogen) atoms. The van der Waals surface area contributed by atoms with Crippen LogP contribution in [0, 0.1) is 16.7 Å². The van der Waals surface area contributed by atoms with Crippen molar-refractivity contribution in [2.75, 3.05) is 5.75 Å². The standard InChI is InChI=1S/C10H16O4S.C9H7NO2/c1-9(2)7-3-4-10(9,8(11)5-7)6-15(12,13)14;11-8-5-6-3-1-2-4-7(6)9(12)10-8/h7H,3-6H2,1-2H3,(H,12,13,14);1-4H,5H2,(H,10,11,12). The minimum absolute atomic E-state index is 0.0152. The van der Waals surface area contributed by atoms with Gasteiger partial charge in [-0.2, -0.15) is 8.42 Å². The normalized spacial score (nSPS) is 28.3. The Morgan fingerprint density at radius 3 is 2.41 bits per heavy atom. The van der Waals surface area contributed by atoms with Crippen LogP contribution >= 0.6 is 0 Å². The number of amides is 2. The van der Waals surface area contributed by atoms with Crippen molar-refractivity contribution < 1.29 is 27.4 Å². The van der Waals surface area contributed by atoms with Gasteiger partial charge in [0.05, 0.1) is 17.6 Å². The number of fused-ring (bicyclic) bond motifs is 3. The first kappa shape index (κ1) is 19.7. The van der Waals surface area contributed by atoms with Crippen molar-refractivity contribution >= 4 is 27.7 Å². The average molecular weight is 393 g/mol. The van der Waals surface area contributed by atoms with Crippen LogP contribution in [0.1, 0.15) is 49.0 Å². The van der Waals surface area contributed by atoms with Crippen molar-refractivity contribution in [2.24, 2.45) is 16.7 Å². The molecule has 0 aromatic heterocycles. The van der Waals surface area contributed by atoms with E-state index >= 15 is 0 Å². The van der Waals surface area contributed by atoms with Gasteiger partial charge in [-0.1, -0.05) is 32.0 Å². The molecule has 2 bridgehead atoms. The summed E-state index contributed by atoms with van der Waals surface area (Å²) >= 11 is 0. The molecule has 2 atom stereocenters. The number of carbonyl (C=O) groups is 3. The van der Waals surface area contributed by atoms with Gasteiger partial charge in [0, 0.05) is 12.0 Å². The summed E-state index contributed by atoms with van der Waals surface area (Å²) in [6.45, 7) is 3.89. The molecule has 1 aromatic rings. The van der Waals surface area contributed by atoms with Crippen LogP contribution in [0.4, 0.5) is 0 Å². The molecule has 0 spiro atoms. The second-order valence-electron chi connectivity index (χ2n) is 8.10. The molecule has 1 aromatic carbocycles. The number of benzene rings is 1. The van der Waals surface area contributed by atoms with Crippen LogP contribution in [0.15, 0.2) is 24.3 Å². The Bertz CT molecular complexity index is 920. The van der Waals surface area contributed by atoms with E-state index in [2.05, 4.69) is 5.32 Å². The van der Waals surface area contributed by atoms with Crippen molar-refractivity contribution in [1.82, 2.24) is 5.32 Å². The summed E-state index contributed by atoms with van der Waals surface area (Å²) in [7, 11) is -4.08. The van der Waals surface area contributed by atoms with Crippen LogP contribution in [0.5, 0.6) is 0 Å². The van der Waals surface area contributed by atoms with E-state index in [1.807, 2.05) is 19.9 Å². The lowest BCUT2D eigenvalue weighted by atomic mass is 9.70. The van der Waals surface area contributed by atoms with Gasteiger partial charge >= 0.3 is 0 Å². The van der Waals surface area contributed by atoms with E-state index < -0.39 is 21.3 Å². The first-order chi connectivity index (χ1) is 12.5. The van der Waals surface area contributed by atoms with Gasteiger partial charge in [0.15, 0.2) is 0 Å². The maximum Gasteiger partial charge on any atom is 0.265 e. The highest BCUT2D eigenvalue weighted by Gasteiger charge is 2.65.